The fraction of sp³-hybridized carbons (Fsp3) is 0.318. The second-order valence-electron chi connectivity index (χ2n) is 6.96. The monoisotopic (exact) mass is 380 g/mol. The minimum atomic E-state index is -0.106. The maximum Gasteiger partial charge on any atom is 0.223 e. The number of aromatic nitrogens is 1. The number of aromatic amines is 1. The van der Waals surface area contributed by atoms with Gasteiger partial charge in [0, 0.05) is 37.6 Å². The van der Waals surface area contributed by atoms with Crippen LogP contribution in [-0.4, -0.2) is 43.8 Å². The van der Waals surface area contributed by atoms with Gasteiger partial charge in [-0.2, -0.15) is 0 Å². The molecule has 1 aliphatic rings. The number of morpholine rings is 1. The van der Waals surface area contributed by atoms with Gasteiger partial charge in [-0.1, -0.05) is 18.2 Å². The molecule has 0 saturated carbocycles. The van der Waals surface area contributed by atoms with Crippen LogP contribution < -0.4 is 14.9 Å². The summed E-state index contributed by atoms with van der Waals surface area (Å²) in [6.07, 6.45) is 1.62. The summed E-state index contributed by atoms with van der Waals surface area (Å²) in [5.41, 5.74) is 1.92. The Morgan fingerprint density at radius 3 is 2.71 bits per heavy atom. The lowest BCUT2D eigenvalue weighted by molar-refractivity contribution is -0.0332. The molecule has 2 heterocycles. The molecule has 6 heteroatoms. The molecule has 1 saturated heterocycles. The molecule has 1 atom stereocenters. The van der Waals surface area contributed by atoms with E-state index in [9.17, 15) is 4.79 Å². The normalized spacial score (nSPS) is 17.6. The van der Waals surface area contributed by atoms with Gasteiger partial charge in [0.05, 0.1) is 26.9 Å². The summed E-state index contributed by atoms with van der Waals surface area (Å²) in [5, 5.41) is 2.31. The summed E-state index contributed by atoms with van der Waals surface area (Å²) >= 11 is 0. The summed E-state index contributed by atoms with van der Waals surface area (Å²) in [4.78, 5) is 17.4. The zero-order valence-electron chi connectivity index (χ0n) is 16.1. The van der Waals surface area contributed by atoms with E-state index in [0.717, 1.165) is 35.5 Å². The molecule has 1 fully saturated rings. The molecule has 1 aromatic heterocycles. The van der Waals surface area contributed by atoms with Gasteiger partial charge < -0.3 is 19.2 Å². The number of methoxy groups -OCH3 is 2. The zero-order chi connectivity index (χ0) is 19.5. The van der Waals surface area contributed by atoms with Crippen molar-refractivity contribution in [1.29, 1.82) is 0 Å². The van der Waals surface area contributed by atoms with Crippen molar-refractivity contribution in [2.45, 2.75) is 12.6 Å². The highest BCUT2D eigenvalue weighted by Gasteiger charge is 2.22. The number of H-pyrrole nitrogens is 1. The number of rotatable bonds is 5. The maximum atomic E-state index is 12.0. The fourth-order valence-electron chi connectivity index (χ4n) is 3.61. The Bertz CT molecular complexity index is 1030. The van der Waals surface area contributed by atoms with Crippen molar-refractivity contribution in [2.75, 3.05) is 33.9 Å². The Labute approximate surface area is 163 Å². The van der Waals surface area contributed by atoms with E-state index < -0.39 is 0 Å². The van der Waals surface area contributed by atoms with Crippen molar-refractivity contribution in [2.24, 2.45) is 0 Å². The van der Waals surface area contributed by atoms with Gasteiger partial charge >= 0.3 is 0 Å². The third kappa shape index (κ3) is 3.88. The van der Waals surface area contributed by atoms with Crippen LogP contribution in [0.15, 0.2) is 53.5 Å². The van der Waals surface area contributed by atoms with Crippen LogP contribution in [0.5, 0.6) is 11.5 Å². The van der Waals surface area contributed by atoms with E-state index in [1.807, 2.05) is 12.1 Å². The van der Waals surface area contributed by atoms with Gasteiger partial charge in [-0.15, -0.1) is 0 Å². The van der Waals surface area contributed by atoms with E-state index in [1.165, 1.54) is 12.5 Å². The van der Waals surface area contributed by atoms with Crippen molar-refractivity contribution < 1.29 is 14.2 Å². The Balaban J connectivity index is 1.49. The molecular formula is C22H24N2O4. The highest BCUT2D eigenvalue weighted by atomic mass is 16.5. The Kier molecular flexibility index (Phi) is 5.32. The third-order valence-electron chi connectivity index (χ3n) is 5.14. The molecule has 28 heavy (non-hydrogen) atoms. The Morgan fingerprint density at radius 2 is 1.93 bits per heavy atom. The summed E-state index contributed by atoms with van der Waals surface area (Å²) in [5.74, 6) is 1.19. The average molecular weight is 380 g/mol. The van der Waals surface area contributed by atoms with Gasteiger partial charge in [0.25, 0.3) is 0 Å². The van der Waals surface area contributed by atoms with Gasteiger partial charge in [0.15, 0.2) is 5.75 Å². The van der Waals surface area contributed by atoms with E-state index in [-0.39, 0.29) is 11.5 Å². The van der Waals surface area contributed by atoms with Crippen LogP contribution in [-0.2, 0) is 11.3 Å². The van der Waals surface area contributed by atoms with Gasteiger partial charge in [0.1, 0.15) is 5.75 Å². The smallest absolute Gasteiger partial charge is 0.223 e. The molecule has 3 aromatic rings. The first kappa shape index (κ1) is 18.5. The van der Waals surface area contributed by atoms with E-state index in [4.69, 9.17) is 14.2 Å². The molecule has 0 radical (unpaired) electrons. The number of nitrogens with zero attached hydrogens (tertiary/aromatic N) is 1. The topological polar surface area (TPSA) is 63.8 Å². The van der Waals surface area contributed by atoms with Crippen molar-refractivity contribution in [1.82, 2.24) is 9.88 Å². The van der Waals surface area contributed by atoms with E-state index >= 15 is 0 Å². The summed E-state index contributed by atoms with van der Waals surface area (Å²) in [7, 11) is 3.17. The van der Waals surface area contributed by atoms with Crippen LogP contribution in [0.3, 0.4) is 0 Å². The molecule has 146 valence electrons. The van der Waals surface area contributed by atoms with Crippen molar-refractivity contribution in [3.8, 4) is 11.5 Å². The van der Waals surface area contributed by atoms with E-state index in [2.05, 4.69) is 34.1 Å². The van der Waals surface area contributed by atoms with Crippen molar-refractivity contribution >= 4 is 10.8 Å². The molecule has 1 aliphatic heterocycles. The first-order valence-electron chi connectivity index (χ1n) is 9.33. The third-order valence-corrected chi connectivity index (χ3v) is 5.14. The lowest BCUT2D eigenvalue weighted by Crippen LogP contribution is -2.38. The first-order valence-corrected chi connectivity index (χ1v) is 9.33. The summed E-state index contributed by atoms with van der Waals surface area (Å²) in [6.45, 7) is 2.93. The van der Waals surface area contributed by atoms with Crippen LogP contribution in [0, 0.1) is 0 Å². The molecule has 2 aromatic carbocycles. The number of benzene rings is 2. The number of hydrogen-bond acceptors (Lipinski definition) is 5. The molecular weight excluding hydrogens is 356 g/mol. The first-order chi connectivity index (χ1) is 13.7. The minimum absolute atomic E-state index is 0.00484. The van der Waals surface area contributed by atoms with Crippen molar-refractivity contribution in [3.05, 3.63) is 70.1 Å². The largest absolute Gasteiger partial charge is 0.497 e. The van der Waals surface area contributed by atoms with Crippen LogP contribution in [0.4, 0.5) is 0 Å². The lowest BCUT2D eigenvalue weighted by atomic mass is 10.0. The lowest BCUT2D eigenvalue weighted by Gasteiger charge is -2.33. The zero-order valence-corrected chi connectivity index (χ0v) is 16.1. The second-order valence-corrected chi connectivity index (χ2v) is 6.96. The number of pyridine rings is 1. The molecule has 4 rings (SSSR count). The Morgan fingerprint density at radius 1 is 1.11 bits per heavy atom. The van der Waals surface area contributed by atoms with Gasteiger partial charge in [-0.3, -0.25) is 9.69 Å². The quantitative estimate of drug-likeness (QED) is 0.737. The van der Waals surface area contributed by atoms with Crippen LogP contribution in [0.2, 0.25) is 0 Å². The predicted molar refractivity (Wildman–Crippen MR) is 108 cm³/mol. The molecule has 0 spiro atoms. The summed E-state index contributed by atoms with van der Waals surface area (Å²) in [6, 6.07) is 14.1. The maximum absolute atomic E-state index is 12.0. The molecule has 1 N–H and O–H groups in total. The summed E-state index contributed by atoms with van der Waals surface area (Å²) < 4.78 is 16.4. The number of ether oxygens (including phenoxy) is 3. The second kappa shape index (κ2) is 8.04. The standard InChI is InChI=1S/C22H24N2O4/c1-26-19-6-5-15-9-17(4-3-16(15)10-19)22-14-24(7-8-28-22)13-18-11-20(25)21(27-2)12-23-18/h3-6,9-12,22H,7-8,13-14H2,1-2H3,(H,23,25)/t22-/m1/s1. The SMILES string of the molecule is COc1ccc2cc([C@H]3CN(Cc4cc(=O)c(OC)c[nH]4)CCO3)ccc2c1. The van der Waals surface area contributed by atoms with Gasteiger partial charge in [0.2, 0.25) is 5.43 Å². The highest BCUT2D eigenvalue weighted by molar-refractivity contribution is 5.84. The molecule has 0 amide bonds. The highest BCUT2D eigenvalue weighted by Crippen LogP contribution is 2.28. The van der Waals surface area contributed by atoms with E-state index in [1.54, 1.807) is 19.4 Å². The van der Waals surface area contributed by atoms with Crippen molar-refractivity contribution in [3.63, 3.8) is 0 Å². The van der Waals surface area contributed by atoms with Crippen LogP contribution >= 0.6 is 0 Å². The van der Waals surface area contributed by atoms with Crippen LogP contribution in [0.1, 0.15) is 17.4 Å². The van der Waals surface area contributed by atoms with Gasteiger partial charge in [-0.05, 0) is 34.5 Å². The van der Waals surface area contributed by atoms with Crippen LogP contribution in [0.25, 0.3) is 10.8 Å². The molecule has 6 nitrogen and oxygen atoms in total. The molecule has 0 bridgehead atoms. The number of hydrogen-bond donors (Lipinski definition) is 1. The Hall–Kier alpha value is -2.83. The minimum Gasteiger partial charge on any atom is -0.497 e. The van der Waals surface area contributed by atoms with Gasteiger partial charge in [-0.25, -0.2) is 0 Å². The number of nitrogens with one attached hydrogen (secondary N) is 1. The fourth-order valence-corrected chi connectivity index (χ4v) is 3.61. The molecule has 0 unspecified atom stereocenters. The molecule has 0 aliphatic carbocycles. The van der Waals surface area contributed by atoms with E-state index in [0.29, 0.717) is 18.9 Å². The average Bonchev–Trinajstić information content (AvgIpc) is 2.73. The number of fused-ring (bicyclic) bond motifs is 1. The predicted octanol–water partition coefficient (Wildman–Crippen LogP) is 3.12.